The van der Waals surface area contributed by atoms with Crippen LogP contribution in [-0.2, 0) is 14.3 Å². The lowest BCUT2D eigenvalue weighted by Crippen LogP contribution is -2.46. The average Bonchev–Trinajstić information content (AvgIpc) is 3.30. The number of carbonyl (C=O) groups excluding carboxylic acids is 2. The highest BCUT2D eigenvalue weighted by Crippen LogP contribution is 2.17. The van der Waals surface area contributed by atoms with Crippen molar-refractivity contribution in [3.05, 3.63) is 97.2 Å². The molecule has 65 heavy (non-hydrogen) atoms. The number of allylic oxidation sites excluding steroid dienone is 16. The van der Waals surface area contributed by atoms with Crippen molar-refractivity contribution >= 4 is 11.9 Å². The Morgan fingerprint density at radius 1 is 0.477 bits per heavy atom. The van der Waals surface area contributed by atoms with Crippen molar-refractivity contribution in [2.24, 2.45) is 0 Å². The Morgan fingerprint density at radius 3 is 1.46 bits per heavy atom. The smallest absolute Gasteiger partial charge is 0.306 e. The Kier molecular flexibility index (Phi) is 49.2. The summed E-state index contributed by atoms with van der Waals surface area (Å²) in [5.41, 5.74) is 0. The minimum absolute atomic E-state index is 0.0183. The lowest BCUT2D eigenvalue weighted by atomic mass is 10.0. The van der Waals surface area contributed by atoms with Crippen molar-refractivity contribution in [1.82, 2.24) is 5.32 Å². The van der Waals surface area contributed by atoms with Gasteiger partial charge in [-0.05, 0) is 70.6 Å². The summed E-state index contributed by atoms with van der Waals surface area (Å²) < 4.78 is 5.90. The third-order valence-corrected chi connectivity index (χ3v) is 11.8. The molecule has 3 unspecified atom stereocenters. The fourth-order valence-electron chi connectivity index (χ4n) is 7.77. The number of amides is 1. The maximum absolute atomic E-state index is 13.2. The van der Waals surface area contributed by atoms with Crippen LogP contribution in [0.25, 0.3) is 0 Å². The van der Waals surface area contributed by atoms with E-state index in [0.717, 1.165) is 83.5 Å². The first-order chi connectivity index (χ1) is 32.0. The summed E-state index contributed by atoms with van der Waals surface area (Å²) in [6.07, 6.45) is 69.0. The minimum atomic E-state index is -0.815. The van der Waals surface area contributed by atoms with Crippen LogP contribution in [0.1, 0.15) is 239 Å². The number of nitrogens with one attached hydrogen (secondary N) is 1. The molecule has 0 radical (unpaired) electrons. The zero-order valence-corrected chi connectivity index (χ0v) is 42.3. The normalized spacial score (nSPS) is 14.0. The fraction of sp³-hybridized carbons (Fsp3) is 0.695. The van der Waals surface area contributed by atoms with E-state index in [2.05, 4.69) is 74.7 Å². The zero-order chi connectivity index (χ0) is 47.4. The van der Waals surface area contributed by atoms with Crippen molar-refractivity contribution in [2.75, 3.05) is 6.61 Å². The second-order valence-electron chi connectivity index (χ2n) is 18.0. The topological polar surface area (TPSA) is 95.9 Å². The van der Waals surface area contributed by atoms with Gasteiger partial charge >= 0.3 is 5.97 Å². The summed E-state index contributed by atoms with van der Waals surface area (Å²) >= 11 is 0. The van der Waals surface area contributed by atoms with Gasteiger partial charge in [-0.3, -0.25) is 9.59 Å². The molecule has 0 heterocycles. The lowest BCUT2D eigenvalue weighted by Gasteiger charge is -2.24. The molecule has 0 fully saturated rings. The molecule has 1 amide bonds. The van der Waals surface area contributed by atoms with E-state index in [9.17, 15) is 19.8 Å². The highest BCUT2D eigenvalue weighted by atomic mass is 16.5. The Balaban J connectivity index is 4.63. The van der Waals surface area contributed by atoms with Gasteiger partial charge in [0.2, 0.25) is 5.91 Å². The molecule has 0 aromatic rings. The Labute approximate surface area is 401 Å². The number of unbranched alkanes of at least 4 members (excludes halogenated alkanes) is 23. The summed E-state index contributed by atoms with van der Waals surface area (Å²) in [5.74, 6) is -0.565. The van der Waals surface area contributed by atoms with Gasteiger partial charge in [0.05, 0.1) is 25.2 Å². The van der Waals surface area contributed by atoms with Crippen molar-refractivity contribution in [1.29, 1.82) is 0 Å². The third-order valence-electron chi connectivity index (χ3n) is 11.8. The molecule has 0 aromatic carbocycles. The molecule has 3 N–H and O–H groups in total. The van der Waals surface area contributed by atoms with Crippen LogP contribution in [0.5, 0.6) is 0 Å². The van der Waals surface area contributed by atoms with Crippen LogP contribution < -0.4 is 5.32 Å². The summed E-state index contributed by atoms with van der Waals surface area (Å²) in [7, 11) is 0. The molecule has 0 aliphatic carbocycles. The third kappa shape index (κ3) is 47.1. The average molecular weight is 904 g/mol. The Bertz CT molecular complexity index is 1290. The van der Waals surface area contributed by atoms with E-state index in [-0.39, 0.29) is 24.9 Å². The molecule has 0 aliphatic heterocycles. The first-order valence-corrected chi connectivity index (χ1v) is 27.0. The second-order valence-corrected chi connectivity index (χ2v) is 18.0. The van der Waals surface area contributed by atoms with Crippen LogP contribution in [0.2, 0.25) is 0 Å². The largest absolute Gasteiger partial charge is 0.462 e. The van der Waals surface area contributed by atoms with Gasteiger partial charge in [-0.15, -0.1) is 0 Å². The molecule has 372 valence electrons. The lowest BCUT2D eigenvalue weighted by molar-refractivity contribution is -0.151. The van der Waals surface area contributed by atoms with Crippen molar-refractivity contribution in [2.45, 2.75) is 257 Å². The zero-order valence-electron chi connectivity index (χ0n) is 42.3. The van der Waals surface area contributed by atoms with Gasteiger partial charge in [-0.2, -0.15) is 0 Å². The number of rotatable bonds is 47. The predicted octanol–water partition coefficient (Wildman–Crippen LogP) is 16.5. The molecule has 0 spiro atoms. The molecule has 0 saturated carbocycles. The number of aliphatic hydroxyl groups is 2. The number of hydrogen-bond donors (Lipinski definition) is 3. The van der Waals surface area contributed by atoms with Crippen LogP contribution in [0, 0.1) is 0 Å². The van der Waals surface area contributed by atoms with E-state index in [4.69, 9.17) is 4.74 Å². The first-order valence-electron chi connectivity index (χ1n) is 27.0. The van der Waals surface area contributed by atoms with Crippen molar-refractivity contribution < 1.29 is 24.5 Å². The Morgan fingerprint density at radius 2 is 0.923 bits per heavy atom. The first kappa shape index (κ1) is 61.8. The summed E-state index contributed by atoms with van der Waals surface area (Å²) in [5, 5.41) is 23.8. The molecular weight excluding hydrogens is 803 g/mol. The number of aliphatic hydroxyl groups excluding tert-OH is 2. The summed E-state index contributed by atoms with van der Waals surface area (Å²) in [4.78, 5) is 26.2. The highest BCUT2D eigenvalue weighted by Gasteiger charge is 2.24. The van der Waals surface area contributed by atoms with Gasteiger partial charge in [-0.1, -0.05) is 253 Å². The highest BCUT2D eigenvalue weighted by molar-refractivity contribution is 5.77. The molecule has 0 saturated heterocycles. The van der Waals surface area contributed by atoms with Crippen LogP contribution in [0.3, 0.4) is 0 Å². The van der Waals surface area contributed by atoms with Crippen LogP contribution in [0.4, 0.5) is 0 Å². The van der Waals surface area contributed by atoms with Gasteiger partial charge in [0, 0.05) is 6.42 Å². The summed E-state index contributed by atoms with van der Waals surface area (Å²) in [6, 6.07) is -0.733. The van der Waals surface area contributed by atoms with Crippen LogP contribution >= 0.6 is 0 Å². The van der Waals surface area contributed by atoms with E-state index in [0.29, 0.717) is 19.3 Å². The van der Waals surface area contributed by atoms with E-state index < -0.39 is 18.2 Å². The molecule has 3 atom stereocenters. The van der Waals surface area contributed by atoms with Crippen LogP contribution in [-0.4, -0.2) is 46.9 Å². The van der Waals surface area contributed by atoms with E-state index in [1.54, 1.807) is 0 Å². The number of esters is 1. The predicted molar refractivity (Wildman–Crippen MR) is 282 cm³/mol. The Hall–Kier alpha value is -3.22. The van der Waals surface area contributed by atoms with Crippen molar-refractivity contribution in [3.8, 4) is 0 Å². The number of carbonyl (C=O) groups is 2. The minimum Gasteiger partial charge on any atom is -0.462 e. The van der Waals surface area contributed by atoms with Gasteiger partial charge in [0.25, 0.3) is 0 Å². The van der Waals surface area contributed by atoms with Crippen molar-refractivity contribution in [3.63, 3.8) is 0 Å². The molecule has 0 aliphatic rings. The molecule has 6 nitrogen and oxygen atoms in total. The van der Waals surface area contributed by atoms with Gasteiger partial charge in [-0.25, -0.2) is 0 Å². The standard InChI is InChI=1S/C59H101NO5/c1-4-7-10-13-16-19-22-25-27-29-30-33-36-39-42-45-48-51-57(62)56(54-61)60-58(63)53-55(50-47-44-41-38-35-32-24-21-18-15-12-9-6-3)65-59(64)52-49-46-43-40-37-34-31-28-26-23-20-17-14-11-8-5-2/h8-9,11-12,15,17-18,20-21,24,26,28,32,35,38,41,55-57,61-62H,4-7,10,13-14,16,19,22-23,25,27,29-31,33-34,36-37,39-40,42-54H2,1-3H3,(H,60,63)/b11-8+,12-9+,18-15+,20-17+,24-21-,28-26+,35-32-,41-38+. The molecule has 6 heteroatoms. The maximum atomic E-state index is 13.2. The fourth-order valence-corrected chi connectivity index (χ4v) is 7.77. The number of ether oxygens (including phenoxy) is 1. The summed E-state index contributed by atoms with van der Waals surface area (Å²) in [6.45, 7) is 6.21. The monoisotopic (exact) mass is 904 g/mol. The van der Waals surface area contributed by atoms with E-state index in [1.807, 2.05) is 48.6 Å². The van der Waals surface area contributed by atoms with Gasteiger partial charge in [0.1, 0.15) is 6.10 Å². The molecule has 0 rings (SSSR count). The second kappa shape index (κ2) is 51.8. The van der Waals surface area contributed by atoms with Gasteiger partial charge in [0.15, 0.2) is 0 Å². The maximum Gasteiger partial charge on any atom is 0.306 e. The molecule has 0 aromatic heterocycles. The quantitative estimate of drug-likeness (QED) is 0.0245. The molecular formula is C59H101NO5. The SMILES string of the molecule is CC/C=C/C=C/C=C\C=C/C=C/CCCC(CC(=O)NC(CO)C(O)CCCCCCCCCCCCCCCCCCC)OC(=O)CCCCCCCC/C=C/C/C=C/C/C=C/CC. The molecule has 0 bridgehead atoms. The van der Waals surface area contributed by atoms with E-state index >= 15 is 0 Å². The van der Waals surface area contributed by atoms with E-state index in [1.165, 1.54) is 109 Å². The number of hydrogen-bond acceptors (Lipinski definition) is 5. The van der Waals surface area contributed by atoms with Crippen LogP contribution in [0.15, 0.2) is 97.2 Å². The van der Waals surface area contributed by atoms with Gasteiger partial charge < -0.3 is 20.3 Å².